The van der Waals surface area contributed by atoms with Gasteiger partial charge in [-0.1, -0.05) is 212 Å². The van der Waals surface area contributed by atoms with Crippen LogP contribution in [0.15, 0.2) is 97.8 Å². The molecule has 2 atom stereocenters. The maximum Gasteiger partial charge on any atom is 0.274 e. The van der Waals surface area contributed by atoms with Crippen LogP contribution in [0.5, 0.6) is 0 Å². The third-order valence-electron chi connectivity index (χ3n) is 9.20. The summed E-state index contributed by atoms with van der Waals surface area (Å²) in [6.45, 7) is 29.4. The lowest BCUT2D eigenvalue weighted by atomic mass is 10.1. The Morgan fingerprint density at radius 3 is 1.26 bits per heavy atom. The Morgan fingerprint density at radius 2 is 0.787 bits per heavy atom. The van der Waals surface area contributed by atoms with Crippen molar-refractivity contribution in [3.8, 4) is 0 Å². The molecule has 0 N–H and O–H groups in total. The molecule has 5 nitrogen and oxygen atoms in total. The Labute approximate surface area is 382 Å². The summed E-state index contributed by atoms with van der Waals surface area (Å²) in [4.78, 5) is 0. The zero-order chi connectivity index (χ0) is 46.0. The lowest BCUT2D eigenvalue weighted by Gasteiger charge is -2.20. The van der Waals surface area contributed by atoms with Gasteiger partial charge in [0.15, 0.2) is 0 Å². The van der Waals surface area contributed by atoms with Crippen molar-refractivity contribution in [3.63, 3.8) is 0 Å². The first-order valence-corrected chi connectivity index (χ1v) is 25.3. The number of unbranched alkanes of at least 4 members (excludes halogenated alkanes) is 15. The first-order valence-electron chi connectivity index (χ1n) is 25.3. The normalized spacial score (nSPS) is 12.3. The largest absolute Gasteiger partial charge is 0.501 e. The van der Waals surface area contributed by atoms with Crippen molar-refractivity contribution in [2.75, 3.05) is 33.0 Å². The van der Waals surface area contributed by atoms with Crippen LogP contribution in [0.3, 0.4) is 0 Å². The minimum absolute atomic E-state index is 0.221. The van der Waals surface area contributed by atoms with Crippen molar-refractivity contribution in [1.29, 1.82) is 0 Å². The second-order valence-corrected chi connectivity index (χ2v) is 15.4. The van der Waals surface area contributed by atoms with Gasteiger partial charge < -0.3 is 23.7 Å². The van der Waals surface area contributed by atoms with Gasteiger partial charge in [0.1, 0.15) is 0 Å². The number of allylic oxidation sites excluding steroid dienone is 13. The van der Waals surface area contributed by atoms with Crippen LogP contribution in [-0.4, -0.2) is 45.2 Å². The predicted octanol–water partition coefficient (Wildman–Crippen LogP) is 18.3. The van der Waals surface area contributed by atoms with Gasteiger partial charge in [0.2, 0.25) is 0 Å². The lowest BCUT2D eigenvalue weighted by molar-refractivity contribution is -0.0573. The summed E-state index contributed by atoms with van der Waals surface area (Å²) >= 11 is 0. The van der Waals surface area contributed by atoms with E-state index in [1.807, 2.05) is 36.5 Å². The van der Waals surface area contributed by atoms with Crippen molar-refractivity contribution < 1.29 is 23.7 Å². The summed E-state index contributed by atoms with van der Waals surface area (Å²) in [6, 6.07) is 0. The molecule has 0 aromatic rings. The number of hydrogen-bond acceptors (Lipinski definition) is 5. The highest BCUT2D eigenvalue weighted by Crippen LogP contribution is 2.10. The van der Waals surface area contributed by atoms with Crippen LogP contribution in [0.25, 0.3) is 0 Å². The van der Waals surface area contributed by atoms with Crippen LogP contribution in [0.1, 0.15) is 217 Å². The standard InChI is InChI=1S/C16H32O2.C16H28O.C12H26O2.C12H18/c1-4-7-10-11-12-13-16(17-14-8-5-2)18-15-9-6-3;1-3-5-7-8-9-10-11-12-13-14-16-17-15-6-4-2;1-5-7-9-13-11(3)12(4)14-10-8-6-2;1-3-5-7-9-11-12-10-8-6-4-2/h13H,4-12,14-15H2,1-3H3;10-14,16H,3-9,15H2,1-2H3;11-12H,5-10H2,1-4H3;3,5,7,9-12H,1,4,6,8H2,2H3. The van der Waals surface area contributed by atoms with Gasteiger partial charge >= 0.3 is 0 Å². The maximum absolute atomic E-state index is 5.67. The average molecular weight is 857 g/mol. The summed E-state index contributed by atoms with van der Waals surface area (Å²) in [5, 5.41) is 0. The summed E-state index contributed by atoms with van der Waals surface area (Å²) < 4.78 is 27.9. The Kier molecular flexibility index (Phi) is 67.9. The van der Waals surface area contributed by atoms with Gasteiger partial charge in [-0.2, -0.15) is 0 Å². The maximum atomic E-state index is 5.67. The molecule has 0 bridgehead atoms. The average Bonchev–Trinajstić information content (AvgIpc) is 3.27. The van der Waals surface area contributed by atoms with Gasteiger partial charge in [0.25, 0.3) is 5.95 Å². The van der Waals surface area contributed by atoms with Gasteiger partial charge in [-0.05, 0) is 90.2 Å². The Morgan fingerprint density at radius 1 is 0.393 bits per heavy atom. The first-order chi connectivity index (χ1) is 29.9. The van der Waals surface area contributed by atoms with Crippen LogP contribution in [0, 0.1) is 0 Å². The first kappa shape index (κ1) is 64.9. The van der Waals surface area contributed by atoms with Gasteiger partial charge in [-0.25, -0.2) is 0 Å². The van der Waals surface area contributed by atoms with E-state index in [4.69, 9.17) is 23.7 Å². The molecule has 0 saturated carbocycles. The summed E-state index contributed by atoms with van der Waals surface area (Å²) in [5.41, 5.74) is 0. The fraction of sp³-hybridized carbons (Fsp3) is 0.714. The lowest BCUT2D eigenvalue weighted by Crippen LogP contribution is -2.26. The molecule has 2 unspecified atom stereocenters. The molecule has 0 aliphatic rings. The molecule has 0 spiro atoms. The molecular weight excluding hydrogens is 753 g/mol. The van der Waals surface area contributed by atoms with E-state index in [9.17, 15) is 0 Å². The summed E-state index contributed by atoms with van der Waals surface area (Å²) in [6.07, 6.45) is 56.7. The molecule has 0 saturated heterocycles. The smallest absolute Gasteiger partial charge is 0.274 e. The topological polar surface area (TPSA) is 46.2 Å². The molecule has 0 aliphatic heterocycles. The highest BCUT2D eigenvalue weighted by Gasteiger charge is 2.12. The highest BCUT2D eigenvalue weighted by atomic mass is 16.7. The van der Waals surface area contributed by atoms with E-state index in [2.05, 4.69) is 112 Å². The van der Waals surface area contributed by atoms with Crippen LogP contribution in [-0.2, 0) is 23.7 Å². The Bertz CT molecular complexity index is 978. The van der Waals surface area contributed by atoms with Gasteiger partial charge in [0.05, 0.1) is 38.3 Å². The zero-order valence-electron chi connectivity index (χ0n) is 42.3. The van der Waals surface area contributed by atoms with E-state index in [0.717, 1.165) is 77.5 Å². The van der Waals surface area contributed by atoms with Crippen molar-refractivity contribution in [2.45, 2.75) is 229 Å². The van der Waals surface area contributed by atoms with Crippen molar-refractivity contribution in [2.24, 2.45) is 0 Å². The molecule has 0 rings (SSSR count). The molecule has 5 heteroatoms. The monoisotopic (exact) mass is 857 g/mol. The van der Waals surface area contributed by atoms with E-state index in [0.29, 0.717) is 0 Å². The fourth-order valence-electron chi connectivity index (χ4n) is 4.84. The van der Waals surface area contributed by atoms with Crippen LogP contribution < -0.4 is 0 Å². The quantitative estimate of drug-likeness (QED) is 0.0350. The fourth-order valence-corrected chi connectivity index (χ4v) is 4.84. The van der Waals surface area contributed by atoms with E-state index < -0.39 is 0 Å². The number of rotatable bonds is 39. The SMILES string of the molecule is C=CC=CC=CC=CCCCC.CCCCCCC=C(OCCCC)OCCCC.CCCCCCC=CC=CC=COCCCC.CCCCOC(C)C(C)OCCCC. The summed E-state index contributed by atoms with van der Waals surface area (Å²) in [5.74, 6) is 0.758. The minimum Gasteiger partial charge on any atom is -0.501 e. The molecule has 0 radical (unpaired) electrons. The zero-order valence-corrected chi connectivity index (χ0v) is 42.3. The van der Waals surface area contributed by atoms with Gasteiger partial charge in [-0.3, -0.25) is 0 Å². The van der Waals surface area contributed by atoms with E-state index in [-0.39, 0.29) is 12.2 Å². The van der Waals surface area contributed by atoms with Gasteiger partial charge in [-0.15, -0.1) is 0 Å². The third kappa shape index (κ3) is 66.5. The van der Waals surface area contributed by atoms with Crippen LogP contribution in [0.2, 0.25) is 0 Å². The molecule has 0 amide bonds. The molecule has 0 aromatic heterocycles. The molecule has 61 heavy (non-hydrogen) atoms. The third-order valence-corrected chi connectivity index (χ3v) is 9.20. The molecule has 358 valence electrons. The minimum atomic E-state index is 0.221. The second-order valence-electron chi connectivity index (χ2n) is 15.4. The summed E-state index contributed by atoms with van der Waals surface area (Å²) in [7, 11) is 0. The molecule has 0 aromatic carbocycles. The van der Waals surface area contributed by atoms with Crippen LogP contribution in [0.4, 0.5) is 0 Å². The Hall–Kier alpha value is -2.76. The van der Waals surface area contributed by atoms with E-state index >= 15 is 0 Å². The second kappa shape index (κ2) is 63.9. The van der Waals surface area contributed by atoms with Crippen molar-refractivity contribution in [1.82, 2.24) is 0 Å². The highest BCUT2D eigenvalue weighted by molar-refractivity contribution is 5.14. The number of ether oxygens (including phenoxy) is 5. The molecule has 0 heterocycles. The molecule has 0 aliphatic carbocycles. The number of hydrogen-bond donors (Lipinski definition) is 0. The molecule has 0 fully saturated rings. The van der Waals surface area contributed by atoms with Crippen LogP contribution >= 0.6 is 0 Å². The van der Waals surface area contributed by atoms with Crippen molar-refractivity contribution >= 4 is 0 Å². The molecular formula is C56H104O5. The van der Waals surface area contributed by atoms with Crippen molar-refractivity contribution in [3.05, 3.63) is 97.8 Å². The van der Waals surface area contributed by atoms with E-state index in [1.54, 1.807) is 12.3 Å². The predicted molar refractivity (Wildman–Crippen MR) is 273 cm³/mol. The Balaban J connectivity index is -0.000000359. The van der Waals surface area contributed by atoms with E-state index in [1.165, 1.54) is 109 Å². The van der Waals surface area contributed by atoms with Gasteiger partial charge in [0, 0.05) is 13.2 Å².